The van der Waals surface area contributed by atoms with Gasteiger partial charge in [-0.05, 0) is 12.8 Å². The predicted molar refractivity (Wildman–Crippen MR) is 49.6 cm³/mol. The van der Waals surface area contributed by atoms with Crippen molar-refractivity contribution in [3.8, 4) is 11.8 Å². The third-order valence-electron chi connectivity index (χ3n) is 2.33. The van der Waals surface area contributed by atoms with E-state index < -0.39 is 0 Å². The van der Waals surface area contributed by atoms with Crippen molar-refractivity contribution in [1.82, 2.24) is 0 Å². The summed E-state index contributed by atoms with van der Waals surface area (Å²) in [5.74, 6) is 6.78. The van der Waals surface area contributed by atoms with Crippen molar-refractivity contribution in [2.24, 2.45) is 5.92 Å². The molecule has 0 spiro atoms. The van der Waals surface area contributed by atoms with Gasteiger partial charge in [-0.1, -0.05) is 13.3 Å². The van der Waals surface area contributed by atoms with Crippen LogP contribution in [0.3, 0.4) is 0 Å². The molecule has 0 saturated heterocycles. The molecule has 1 nitrogen and oxygen atoms in total. The molecule has 0 amide bonds. The van der Waals surface area contributed by atoms with Crippen molar-refractivity contribution in [3.63, 3.8) is 0 Å². The highest BCUT2D eigenvalue weighted by Crippen LogP contribution is 2.22. The van der Waals surface area contributed by atoms with Gasteiger partial charge in [0, 0.05) is 25.2 Å². The van der Waals surface area contributed by atoms with Crippen molar-refractivity contribution in [2.75, 3.05) is 0 Å². The number of hydrogen-bond donors (Lipinski definition) is 0. The maximum Gasteiger partial charge on any atom is 0.136 e. The molecule has 12 heavy (non-hydrogen) atoms. The van der Waals surface area contributed by atoms with Crippen LogP contribution in [0.2, 0.25) is 0 Å². The summed E-state index contributed by atoms with van der Waals surface area (Å²) in [7, 11) is 0. The molecule has 0 aromatic rings. The van der Waals surface area contributed by atoms with Crippen LogP contribution in [0.1, 0.15) is 45.4 Å². The highest BCUT2D eigenvalue weighted by Gasteiger charge is 2.20. The van der Waals surface area contributed by atoms with Gasteiger partial charge in [-0.3, -0.25) is 4.79 Å². The van der Waals surface area contributed by atoms with Crippen LogP contribution in [-0.2, 0) is 4.79 Å². The molecule has 1 heteroatoms. The lowest BCUT2D eigenvalue weighted by molar-refractivity contribution is -0.124. The second-order valence-electron chi connectivity index (χ2n) is 3.32. The molecule has 1 aliphatic carbocycles. The number of Topliss-reactive ketones (excluding diaryl/α,β-unsaturated/α-hetero) is 1. The molecule has 0 aliphatic heterocycles. The topological polar surface area (TPSA) is 17.1 Å². The molecule has 1 aliphatic rings. The Morgan fingerprint density at radius 3 is 2.92 bits per heavy atom. The van der Waals surface area contributed by atoms with Crippen molar-refractivity contribution < 1.29 is 4.79 Å². The molecule has 0 heterocycles. The Kier molecular flexibility index (Phi) is 3.87. The zero-order valence-corrected chi connectivity index (χ0v) is 7.73. The van der Waals surface area contributed by atoms with Crippen LogP contribution in [0.4, 0.5) is 0 Å². The molecule has 1 saturated carbocycles. The van der Waals surface area contributed by atoms with Crippen LogP contribution in [0.15, 0.2) is 0 Å². The molecule has 1 atom stereocenters. The van der Waals surface area contributed by atoms with E-state index in [1.54, 1.807) is 0 Å². The van der Waals surface area contributed by atoms with E-state index in [2.05, 4.69) is 11.8 Å². The van der Waals surface area contributed by atoms with Crippen LogP contribution in [0.5, 0.6) is 0 Å². The molecule has 0 aromatic carbocycles. The molecule has 0 N–H and O–H groups in total. The second-order valence-corrected chi connectivity index (χ2v) is 3.32. The van der Waals surface area contributed by atoms with E-state index in [9.17, 15) is 4.79 Å². The van der Waals surface area contributed by atoms with Gasteiger partial charge in [-0.25, -0.2) is 0 Å². The maximum atomic E-state index is 11.3. The lowest BCUT2D eigenvalue weighted by Crippen LogP contribution is -2.18. The van der Waals surface area contributed by atoms with Crippen molar-refractivity contribution in [2.45, 2.75) is 45.4 Å². The van der Waals surface area contributed by atoms with Gasteiger partial charge in [0.25, 0.3) is 0 Å². The summed E-state index contributed by atoms with van der Waals surface area (Å²) in [6.45, 7) is 2.04. The monoisotopic (exact) mass is 164 g/mol. The van der Waals surface area contributed by atoms with Gasteiger partial charge in [0.1, 0.15) is 5.78 Å². The maximum absolute atomic E-state index is 11.3. The van der Waals surface area contributed by atoms with E-state index in [1.807, 2.05) is 6.92 Å². The van der Waals surface area contributed by atoms with Crippen LogP contribution in [0.25, 0.3) is 0 Å². The SMILES string of the molecule is CCC#CCC1CCCCC1=O. The molecular formula is C11H16O. The summed E-state index contributed by atoms with van der Waals surface area (Å²) >= 11 is 0. The number of carbonyl (C=O) groups excluding carboxylic acids is 1. The fourth-order valence-electron chi connectivity index (χ4n) is 1.59. The van der Waals surface area contributed by atoms with Crippen LogP contribution >= 0.6 is 0 Å². The van der Waals surface area contributed by atoms with Crippen molar-refractivity contribution in [3.05, 3.63) is 0 Å². The second kappa shape index (κ2) is 4.98. The van der Waals surface area contributed by atoms with Gasteiger partial charge in [0.05, 0.1) is 0 Å². The highest BCUT2D eigenvalue weighted by atomic mass is 16.1. The molecule has 66 valence electrons. The Labute approximate surface area is 74.5 Å². The van der Waals surface area contributed by atoms with Gasteiger partial charge >= 0.3 is 0 Å². The van der Waals surface area contributed by atoms with Gasteiger partial charge in [0.15, 0.2) is 0 Å². The van der Waals surface area contributed by atoms with Crippen LogP contribution in [0, 0.1) is 17.8 Å². The number of hydrogen-bond acceptors (Lipinski definition) is 1. The summed E-state index contributed by atoms with van der Waals surface area (Å²) in [5, 5.41) is 0. The Morgan fingerprint density at radius 1 is 1.42 bits per heavy atom. The van der Waals surface area contributed by atoms with Crippen LogP contribution < -0.4 is 0 Å². The largest absolute Gasteiger partial charge is 0.299 e. The summed E-state index contributed by atoms with van der Waals surface area (Å²) in [4.78, 5) is 11.3. The first kappa shape index (κ1) is 9.32. The van der Waals surface area contributed by atoms with Gasteiger partial charge in [-0.15, -0.1) is 11.8 Å². The molecule has 1 rings (SSSR count). The number of carbonyl (C=O) groups is 1. The average molecular weight is 164 g/mol. The molecule has 0 bridgehead atoms. The first-order valence-electron chi connectivity index (χ1n) is 4.83. The predicted octanol–water partition coefficient (Wildman–Crippen LogP) is 2.55. The van der Waals surface area contributed by atoms with E-state index in [0.717, 1.165) is 32.1 Å². The zero-order valence-electron chi connectivity index (χ0n) is 7.73. The minimum Gasteiger partial charge on any atom is -0.299 e. The normalized spacial score (nSPS) is 23.1. The van der Waals surface area contributed by atoms with E-state index >= 15 is 0 Å². The third-order valence-corrected chi connectivity index (χ3v) is 2.33. The molecule has 0 radical (unpaired) electrons. The van der Waals surface area contributed by atoms with E-state index in [1.165, 1.54) is 6.42 Å². The van der Waals surface area contributed by atoms with Gasteiger partial charge < -0.3 is 0 Å². The number of ketones is 1. The van der Waals surface area contributed by atoms with Gasteiger partial charge in [-0.2, -0.15) is 0 Å². The Bertz CT molecular complexity index is 207. The average Bonchev–Trinajstić information content (AvgIpc) is 2.09. The van der Waals surface area contributed by atoms with Crippen LogP contribution in [-0.4, -0.2) is 5.78 Å². The van der Waals surface area contributed by atoms with E-state index in [0.29, 0.717) is 5.78 Å². The fraction of sp³-hybridized carbons (Fsp3) is 0.727. The minimum atomic E-state index is 0.262. The molecular weight excluding hydrogens is 148 g/mol. The number of rotatable bonds is 1. The summed E-state index contributed by atoms with van der Waals surface area (Å²) < 4.78 is 0. The molecule has 1 unspecified atom stereocenters. The quantitative estimate of drug-likeness (QED) is 0.544. The highest BCUT2D eigenvalue weighted by molar-refractivity contribution is 5.81. The first-order valence-corrected chi connectivity index (χ1v) is 4.83. The minimum absolute atomic E-state index is 0.262. The Balaban J connectivity index is 2.34. The van der Waals surface area contributed by atoms with E-state index in [4.69, 9.17) is 0 Å². The smallest absolute Gasteiger partial charge is 0.136 e. The lowest BCUT2D eigenvalue weighted by Gasteiger charge is -2.17. The zero-order chi connectivity index (χ0) is 8.81. The fourth-order valence-corrected chi connectivity index (χ4v) is 1.59. The Morgan fingerprint density at radius 2 is 2.25 bits per heavy atom. The molecule has 0 aromatic heterocycles. The lowest BCUT2D eigenvalue weighted by atomic mass is 9.86. The molecule has 1 fully saturated rings. The first-order chi connectivity index (χ1) is 5.84. The third kappa shape index (κ3) is 2.70. The van der Waals surface area contributed by atoms with Crippen molar-refractivity contribution in [1.29, 1.82) is 0 Å². The summed E-state index contributed by atoms with van der Waals surface area (Å²) in [5.41, 5.74) is 0. The standard InChI is InChI=1S/C11H16O/c1-2-3-4-7-10-8-5-6-9-11(10)12/h10H,2,5-9H2,1H3. The van der Waals surface area contributed by atoms with E-state index in [-0.39, 0.29) is 5.92 Å². The Hall–Kier alpha value is -0.770. The summed E-state index contributed by atoms with van der Waals surface area (Å²) in [6.07, 6.45) is 5.87. The van der Waals surface area contributed by atoms with Gasteiger partial charge in [0.2, 0.25) is 0 Å². The summed E-state index contributed by atoms with van der Waals surface area (Å²) in [6, 6.07) is 0. The van der Waals surface area contributed by atoms with Crippen molar-refractivity contribution >= 4 is 5.78 Å².